The normalized spacial score (nSPS) is 28.0. The second-order valence-corrected chi connectivity index (χ2v) is 11.9. The molecule has 6 nitrogen and oxygen atoms in total. The maximum Gasteiger partial charge on any atom is 0.416 e. The summed E-state index contributed by atoms with van der Waals surface area (Å²) in [5, 5.41) is 0. The van der Waals surface area contributed by atoms with E-state index < -0.39 is 44.4 Å². The number of sulfonamides is 1. The number of nitrogens with one attached hydrogen (secondary N) is 1. The minimum atomic E-state index is -4.58. The summed E-state index contributed by atoms with van der Waals surface area (Å²) in [6.07, 6.45) is -2.00. The van der Waals surface area contributed by atoms with Gasteiger partial charge >= 0.3 is 6.18 Å². The van der Waals surface area contributed by atoms with Crippen LogP contribution in [0.1, 0.15) is 63.1 Å². The summed E-state index contributed by atoms with van der Waals surface area (Å²) >= 11 is 0. The van der Waals surface area contributed by atoms with E-state index in [1.165, 1.54) is 17.0 Å². The van der Waals surface area contributed by atoms with Gasteiger partial charge in [0.1, 0.15) is 5.78 Å². The van der Waals surface area contributed by atoms with E-state index in [4.69, 9.17) is 0 Å². The highest BCUT2D eigenvalue weighted by Crippen LogP contribution is 2.64. The first-order chi connectivity index (χ1) is 15.3. The topological polar surface area (TPSA) is 83.6 Å². The van der Waals surface area contributed by atoms with Gasteiger partial charge in [-0.1, -0.05) is 26.0 Å². The summed E-state index contributed by atoms with van der Waals surface area (Å²) in [5.74, 6) is -0.470. The molecule has 33 heavy (non-hydrogen) atoms. The Morgan fingerprint density at radius 1 is 1.24 bits per heavy atom. The van der Waals surface area contributed by atoms with Crippen molar-refractivity contribution >= 4 is 21.7 Å². The molecule has 3 fully saturated rings. The molecule has 3 aliphatic rings. The summed E-state index contributed by atoms with van der Waals surface area (Å²) in [5.41, 5.74) is -2.21. The zero-order chi connectivity index (χ0) is 24.2. The highest BCUT2D eigenvalue weighted by Gasteiger charge is 2.65. The minimum Gasteiger partial charge on any atom is -0.341 e. The number of rotatable bonds is 7. The number of Topliss-reactive ketones (excluding diaryl/α,β-unsaturated/α-hetero) is 1. The van der Waals surface area contributed by atoms with Crippen molar-refractivity contribution in [3.8, 4) is 0 Å². The van der Waals surface area contributed by atoms with E-state index in [0.29, 0.717) is 32.2 Å². The molecule has 2 saturated carbocycles. The van der Waals surface area contributed by atoms with Crippen molar-refractivity contribution in [1.82, 2.24) is 9.62 Å². The lowest BCUT2D eigenvalue weighted by Crippen LogP contribution is -2.47. The van der Waals surface area contributed by atoms with Gasteiger partial charge in [0.25, 0.3) is 0 Å². The SMILES string of the molecule is CC1(C)C2CCC1(CS(=O)(=O)NC(CN1CCCC1=O)c1cccc(C(F)(F)F)c1)C(=O)C2. The molecule has 1 aromatic carbocycles. The Morgan fingerprint density at radius 3 is 2.52 bits per heavy atom. The molecule has 1 heterocycles. The molecule has 0 spiro atoms. The number of nitrogens with zero attached hydrogens (tertiary/aromatic N) is 1. The van der Waals surface area contributed by atoms with Gasteiger partial charge in [0.05, 0.1) is 17.4 Å². The van der Waals surface area contributed by atoms with Gasteiger partial charge in [-0.05, 0) is 48.3 Å². The van der Waals surface area contributed by atoms with E-state index >= 15 is 0 Å². The molecule has 1 saturated heterocycles. The van der Waals surface area contributed by atoms with Gasteiger partial charge in [-0.25, -0.2) is 13.1 Å². The van der Waals surface area contributed by atoms with Gasteiger partial charge in [0.15, 0.2) is 0 Å². The number of carbonyl (C=O) groups excluding carboxylic acids is 2. The number of benzene rings is 1. The van der Waals surface area contributed by atoms with E-state index in [1.54, 1.807) is 0 Å². The monoisotopic (exact) mass is 486 g/mol. The smallest absolute Gasteiger partial charge is 0.341 e. The van der Waals surface area contributed by atoms with Crippen molar-refractivity contribution in [3.63, 3.8) is 0 Å². The first-order valence-corrected chi connectivity index (χ1v) is 12.9. The molecule has 182 valence electrons. The van der Waals surface area contributed by atoms with Crippen LogP contribution in [0.4, 0.5) is 13.2 Å². The second kappa shape index (κ2) is 8.08. The molecule has 10 heteroatoms. The van der Waals surface area contributed by atoms with Crippen LogP contribution >= 0.6 is 0 Å². The predicted octanol–water partition coefficient (Wildman–Crippen LogP) is 3.68. The summed E-state index contributed by atoms with van der Waals surface area (Å²) in [6, 6.07) is 3.45. The molecule has 1 amide bonds. The summed E-state index contributed by atoms with van der Waals surface area (Å²) in [6.45, 7) is 4.22. The van der Waals surface area contributed by atoms with Gasteiger partial charge < -0.3 is 4.90 Å². The van der Waals surface area contributed by atoms with Gasteiger partial charge in [-0.15, -0.1) is 0 Å². The van der Waals surface area contributed by atoms with Crippen molar-refractivity contribution in [1.29, 1.82) is 0 Å². The van der Waals surface area contributed by atoms with Gasteiger partial charge in [-0.3, -0.25) is 9.59 Å². The Bertz CT molecular complexity index is 1070. The van der Waals surface area contributed by atoms with Crippen LogP contribution in [0.3, 0.4) is 0 Å². The quantitative estimate of drug-likeness (QED) is 0.637. The highest BCUT2D eigenvalue weighted by molar-refractivity contribution is 7.89. The summed E-state index contributed by atoms with van der Waals surface area (Å²) < 4.78 is 69.1. The van der Waals surface area contributed by atoms with Crippen LogP contribution in [0.25, 0.3) is 0 Å². The van der Waals surface area contributed by atoms with Crippen LogP contribution in [0.15, 0.2) is 24.3 Å². The van der Waals surface area contributed by atoms with Crippen LogP contribution in [0.2, 0.25) is 0 Å². The molecule has 3 atom stereocenters. The standard InChI is InChI=1S/C23H29F3N2O4S/c1-21(2)16-8-9-22(21,19(29)12-16)14-33(31,32)27-18(13-28-10-4-7-20(28)30)15-5-3-6-17(11-15)23(24,25)26/h3,5-6,11,16,18,27H,4,7-10,12-14H2,1-2H3. The number of ketones is 1. The molecule has 4 rings (SSSR count). The third-order valence-corrected chi connectivity index (χ3v) is 9.60. The summed E-state index contributed by atoms with van der Waals surface area (Å²) in [7, 11) is -4.06. The van der Waals surface area contributed by atoms with Crippen LogP contribution in [-0.2, 0) is 25.8 Å². The Morgan fingerprint density at radius 2 is 1.97 bits per heavy atom. The molecule has 2 bridgehead atoms. The Balaban J connectivity index is 1.64. The molecule has 2 aliphatic carbocycles. The molecule has 0 aromatic heterocycles. The Kier molecular flexibility index (Phi) is 5.92. The lowest BCUT2D eigenvalue weighted by molar-refractivity contribution is -0.137. The largest absolute Gasteiger partial charge is 0.416 e. The lowest BCUT2D eigenvalue weighted by atomic mass is 9.70. The maximum absolute atomic E-state index is 13.3. The van der Waals surface area contributed by atoms with Crippen LogP contribution in [-0.4, -0.2) is 43.9 Å². The average molecular weight is 487 g/mol. The van der Waals surface area contributed by atoms with Crippen molar-refractivity contribution in [3.05, 3.63) is 35.4 Å². The number of halogens is 3. The molecular formula is C23H29F3N2O4S. The number of alkyl halides is 3. The molecule has 1 aliphatic heterocycles. The van der Waals surface area contributed by atoms with Crippen molar-refractivity contribution < 1.29 is 31.2 Å². The number of hydrogen-bond donors (Lipinski definition) is 1. The summed E-state index contributed by atoms with van der Waals surface area (Å²) in [4.78, 5) is 26.5. The average Bonchev–Trinajstić information content (AvgIpc) is 3.27. The molecule has 3 unspecified atom stereocenters. The molecule has 0 radical (unpaired) electrons. The number of carbonyl (C=O) groups is 2. The first kappa shape index (κ1) is 24.2. The zero-order valence-electron chi connectivity index (χ0n) is 18.7. The Labute approximate surface area is 192 Å². The van der Waals surface area contributed by atoms with Crippen LogP contribution in [0.5, 0.6) is 0 Å². The molecule has 1 aromatic rings. The van der Waals surface area contributed by atoms with Crippen molar-refractivity contribution in [2.75, 3.05) is 18.8 Å². The Hall–Kier alpha value is -1.94. The highest BCUT2D eigenvalue weighted by atomic mass is 32.2. The minimum absolute atomic E-state index is 0.0561. The van der Waals surface area contributed by atoms with E-state index in [1.807, 2.05) is 13.8 Å². The predicted molar refractivity (Wildman–Crippen MR) is 115 cm³/mol. The van der Waals surface area contributed by atoms with Gasteiger partial charge in [-0.2, -0.15) is 13.2 Å². The lowest BCUT2D eigenvalue weighted by Gasteiger charge is -2.36. The fourth-order valence-electron chi connectivity index (χ4n) is 5.95. The number of fused-ring (bicyclic) bond motifs is 2. The zero-order valence-corrected chi connectivity index (χ0v) is 19.6. The van der Waals surface area contributed by atoms with Crippen LogP contribution < -0.4 is 4.72 Å². The van der Waals surface area contributed by atoms with Crippen LogP contribution in [0, 0.1) is 16.7 Å². The second-order valence-electron chi connectivity index (χ2n) is 10.2. The van der Waals surface area contributed by atoms with E-state index in [0.717, 1.165) is 18.6 Å². The van der Waals surface area contributed by atoms with Gasteiger partial charge in [0.2, 0.25) is 15.9 Å². The third kappa shape index (κ3) is 4.32. The number of amides is 1. The van der Waals surface area contributed by atoms with E-state index in [9.17, 15) is 31.2 Å². The van der Waals surface area contributed by atoms with Crippen molar-refractivity contribution in [2.24, 2.45) is 16.7 Å². The fourth-order valence-corrected chi connectivity index (χ4v) is 8.00. The third-order valence-electron chi connectivity index (χ3n) is 8.09. The first-order valence-electron chi connectivity index (χ1n) is 11.2. The molecular weight excluding hydrogens is 457 g/mol. The van der Waals surface area contributed by atoms with Gasteiger partial charge in [0, 0.05) is 31.3 Å². The fraction of sp³-hybridized carbons (Fsp3) is 0.652. The van der Waals surface area contributed by atoms with E-state index in [2.05, 4.69) is 4.72 Å². The number of hydrogen-bond acceptors (Lipinski definition) is 4. The van der Waals surface area contributed by atoms with Crippen molar-refractivity contribution in [2.45, 2.75) is 58.2 Å². The molecule has 1 N–H and O–H groups in total. The maximum atomic E-state index is 13.3. The van der Waals surface area contributed by atoms with E-state index in [-0.39, 0.29) is 29.7 Å². The number of likely N-dealkylation sites (tertiary alicyclic amines) is 1.